The lowest BCUT2D eigenvalue weighted by atomic mass is 10.2. The summed E-state index contributed by atoms with van der Waals surface area (Å²) in [7, 11) is 0. The average Bonchev–Trinajstić information content (AvgIpc) is 2.83. The molecule has 2 heterocycles. The zero-order valence-electron chi connectivity index (χ0n) is 12.0. The van der Waals surface area contributed by atoms with Gasteiger partial charge in [0.1, 0.15) is 5.52 Å². The molecule has 0 unspecified atom stereocenters. The van der Waals surface area contributed by atoms with Crippen molar-refractivity contribution in [3.05, 3.63) is 47.5 Å². The number of hydrogen-bond donors (Lipinski definition) is 1. The molecule has 0 radical (unpaired) electrons. The molecule has 2 aromatic carbocycles. The number of halogens is 1. The van der Waals surface area contributed by atoms with Crippen molar-refractivity contribution in [2.24, 2.45) is 5.73 Å². The number of nitrogens with two attached hydrogens (primary N) is 1. The first kappa shape index (κ1) is 13.5. The van der Waals surface area contributed by atoms with Crippen molar-refractivity contribution in [3.8, 4) is 0 Å². The second-order valence-corrected chi connectivity index (χ2v) is 5.78. The van der Waals surface area contributed by atoms with E-state index in [1.807, 2.05) is 42.5 Å². The molecular formula is C17H15ClN4. The Bertz CT molecular complexity index is 990. The summed E-state index contributed by atoms with van der Waals surface area (Å²) in [5, 5.41) is 1.75. The summed E-state index contributed by atoms with van der Waals surface area (Å²) in [6.45, 7) is 1.47. The number of rotatable bonds is 3. The summed E-state index contributed by atoms with van der Waals surface area (Å²) in [4.78, 5) is 9.62. The van der Waals surface area contributed by atoms with Crippen LogP contribution in [-0.2, 0) is 6.54 Å². The predicted octanol–water partition coefficient (Wildman–Crippen LogP) is 3.74. The topological polar surface area (TPSA) is 56.7 Å². The molecule has 0 fully saturated rings. The van der Waals surface area contributed by atoms with Gasteiger partial charge in [-0.15, -0.1) is 0 Å². The van der Waals surface area contributed by atoms with Gasteiger partial charge in [-0.1, -0.05) is 23.7 Å². The van der Waals surface area contributed by atoms with Crippen LogP contribution in [0.15, 0.2) is 42.5 Å². The molecule has 22 heavy (non-hydrogen) atoms. The fourth-order valence-electron chi connectivity index (χ4n) is 2.88. The molecule has 4 nitrogen and oxygen atoms in total. The van der Waals surface area contributed by atoms with E-state index in [-0.39, 0.29) is 0 Å². The molecule has 0 bridgehead atoms. The van der Waals surface area contributed by atoms with Crippen molar-refractivity contribution < 1.29 is 0 Å². The highest BCUT2D eigenvalue weighted by Crippen LogP contribution is 2.30. The van der Waals surface area contributed by atoms with Crippen molar-refractivity contribution in [3.63, 3.8) is 0 Å². The van der Waals surface area contributed by atoms with E-state index in [4.69, 9.17) is 27.3 Å². The molecule has 4 aromatic rings. The lowest BCUT2D eigenvalue weighted by Gasteiger charge is -2.05. The van der Waals surface area contributed by atoms with Crippen molar-refractivity contribution in [2.45, 2.75) is 13.0 Å². The lowest BCUT2D eigenvalue weighted by molar-refractivity contribution is 0.683. The van der Waals surface area contributed by atoms with Gasteiger partial charge < -0.3 is 10.3 Å². The Morgan fingerprint density at radius 3 is 2.59 bits per heavy atom. The minimum absolute atomic E-state index is 0.649. The predicted molar refractivity (Wildman–Crippen MR) is 91.2 cm³/mol. The maximum absolute atomic E-state index is 6.17. The van der Waals surface area contributed by atoms with Crippen LogP contribution >= 0.6 is 11.6 Å². The third-order valence-corrected chi connectivity index (χ3v) is 4.13. The maximum Gasteiger partial charge on any atom is 0.160 e. The minimum Gasteiger partial charge on any atom is -0.330 e. The van der Waals surface area contributed by atoms with E-state index in [1.54, 1.807) is 0 Å². The highest BCUT2D eigenvalue weighted by molar-refractivity contribution is 6.31. The van der Waals surface area contributed by atoms with E-state index < -0.39 is 0 Å². The van der Waals surface area contributed by atoms with E-state index in [0.29, 0.717) is 11.6 Å². The number of benzene rings is 2. The monoisotopic (exact) mass is 310 g/mol. The molecule has 0 saturated carbocycles. The molecule has 0 aliphatic rings. The molecule has 0 saturated heterocycles. The van der Waals surface area contributed by atoms with Gasteiger partial charge in [0.05, 0.1) is 16.6 Å². The SMILES string of the molecule is NCCCn1c2ccc(Cl)cc2c2nc3ccccc3nc21. The third kappa shape index (κ3) is 2.03. The summed E-state index contributed by atoms with van der Waals surface area (Å²) >= 11 is 6.17. The summed E-state index contributed by atoms with van der Waals surface area (Å²) < 4.78 is 2.19. The van der Waals surface area contributed by atoms with Gasteiger partial charge in [0.25, 0.3) is 0 Å². The van der Waals surface area contributed by atoms with Crippen molar-refractivity contribution in [2.75, 3.05) is 6.54 Å². The van der Waals surface area contributed by atoms with Crippen molar-refractivity contribution in [1.29, 1.82) is 0 Å². The zero-order valence-corrected chi connectivity index (χ0v) is 12.7. The number of para-hydroxylation sites is 2. The molecule has 0 aliphatic heterocycles. The number of aryl methyl sites for hydroxylation is 1. The Morgan fingerprint density at radius 1 is 1.05 bits per heavy atom. The van der Waals surface area contributed by atoms with Gasteiger partial charge >= 0.3 is 0 Å². The molecule has 2 aromatic heterocycles. The first-order valence-corrected chi connectivity index (χ1v) is 7.70. The van der Waals surface area contributed by atoms with Gasteiger partial charge in [-0.25, -0.2) is 9.97 Å². The van der Waals surface area contributed by atoms with Crippen LogP contribution in [0.1, 0.15) is 6.42 Å². The van der Waals surface area contributed by atoms with Gasteiger partial charge in [0, 0.05) is 17.0 Å². The van der Waals surface area contributed by atoms with Gasteiger partial charge in [-0.2, -0.15) is 0 Å². The molecular weight excluding hydrogens is 296 g/mol. The van der Waals surface area contributed by atoms with E-state index in [0.717, 1.165) is 46.1 Å². The van der Waals surface area contributed by atoms with E-state index in [2.05, 4.69) is 4.57 Å². The first-order valence-electron chi connectivity index (χ1n) is 7.32. The highest BCUT2D eigenvalue weighted by atomic mass is 35.5. The third-order valence-electron chi connectivity index (χ3n) is 3.90. The van der Waals surface area contributed by atoms with Crippen molar-refractivity contribution in [1.82, 2.24) is 14.5 Å². The largest absolute Gasteiger partial charge is 0.330 e. The fourth-order valence-corrected chi connectivity index (χ4v) is 3.05. The number of aromatic nitrogens is 3. The van der Waals surface area contributed by atoms with E-state index in [1.165, 1.54) is 0 Å². The van der Waals surface area contributed by atoms with Crippen molar-refractivity contribution >= 4 is 44.7 Å². The molecule has 4 rings (SSSR count). The van der Waals surface area contributed by atoms with Crippen LogP contribution in [0.5, 0.6) is 0 Å². The maximum atomic E-state index is 6.17. The van der Waals surface area contributed by atoms with Crippen LogP contribution in [0.4, 0.5) is 0 Å². The van der Waals surface area contributed by atoms with Crippen LogP contribution in [0, 0.1) is 0 Å². The zero-order chi connectivity index (χ0) is 15.1. The molecule has 5 heteroatoms. The normalized spacial score (nSPS) is 11.7. The highest BCUT2D eigenvalue weighted by Gasteiger charge is 2.14. The molecule has 0 amide bonds. The van der Waals surface area contributed by atoms with Crippen LogP contribution in [0.2, 0.25) is 5.02 Å². The molecule has 110 valence electrons. The summed E-state index contributed by atoms with van der Waals surface area (Å²) in [5.41, 5.74) is 10.4. The molecule has 0 atom stereocenters. The first-order chi connectivity index (χ1) is 10.8. The second kappa shape index (κ2) is 5.23. The molecule has 0 aliphatic carbocycles. The van der Waals surface area contributed by atoms with E-state index in [9.17, 15) is 0 Å². The quantitative estimate of drug-likeness (QED) is 0.627. The van der Waals surface area contributed by atoms with Gasteiger partial charge in [-0.3, -0.25) is 0 Å². The smallest absolute Gasteiger partial charge is 0.160 e. The summed E-state index contributed by atoms with van der Waals surface area (Å²) in [6, 6.07) is 13.8. The van der Waals surface area contributed by atoms with Crippen LogP contribution in [0.25, 0.3) is 33.1 Å². The van der Waals surface area contributed by atoms with Crippen LogP contribution in [0.3, 0.4) is 0 Å². The Kier molecular flexibility index (Phi) is 3.21. The van der Waals surface area contributed by atoms with Crippen LogP contribution in [-0.4, -0.2) is 21.1 Å². The van der Waals surface area contributed by atoms with E-state index >= 15 is 0 Å². The Hall–Kier alpha value is -2.17. The standard InChI is InChI=1S/C17H15ClN4/c18-11-6-7-15-12(10-11)16-17(22(15)9-3-8-19)21-14-5-2-1-4-13(14)20-16/h1-2,4-7,10H,3,8-9,19H2. The average molecular weight is 311 g/mol. The number of nitrogens with zero attached hydrogens (tertiary/aromatic N) is 3. The van der Waals surface area contributed by atoms with Gasteiger partial charge in [0.2, 0.25) is 0 Å². The fraction of sp³-hybridized carbons (Fsp3) is 0.176. The Balaban J connectivity index is 2.13. The Labute approximate surface area is 132 Å². The van der Waals surface area contributed by atoms with Crippen LogP contribution < -0.4 is 5.73 Å². The number of hydrogen-bond acceptors (Lipinski definition) is 3. The second-order valence-electron chi connectivity index (χ2n) is 5.34. The summed E-state index contributed by atoms with van der Waals surface area (Å²) in [5.74, 6) is 0. The lowest BCUT2D eigenvalue weighted by Crippen LogP contribution is -2.06. The molecule has 0 spiro atoms. The Morgan fingerprint density at radius 2 is 1.82 bits per heavy atom. The minimum atomic E-state index is 0.649. The summed E-state index contributed by atoms with van der Waals surface area (Å²) in [6.07, 6.45) is 0.899. The van der Waals surface area contributed by atoms with Gasteiger partial charge in [-0.05, 0) is 43.3 Å². The van der Waals surface area contributed by atoms with Gasteiger partial charge in [0.15, 0.2) is 5.65 Å². The molecule has 2 N–H and O–H groups in total. The number of fused-ring (bicyclic) bond motifs is 4.